The highest BCUT2D eigenvalue weighted by Gasteiger charge is 2.35. The summed E-state index contributed by atoms with van der Waals surface area (Å²) < 4.78 is 5.40. The molecule has 1 heterocycles. The van der Waals surface area contributed by atoms with Crippen LogP contribution in [0.25, 0.3) is 0 Å². The summed E-state index contributed by atoms with van der Waals surface area (Å²) in [5, 5.41) is 0. The van der Waals surface area contributed by atoms with Gasteiger partial charge in [-0.25, -0.2) is 0 Å². The Labute approximate surface area is 103 Å². The predicted octanol–water partition coefficient (Wildman–Crippen LogP) is 2.71. The van der Waals surface area contributed by atoms with Crippen molar-refractivity contribution in [3.05, 3.63) is 24.0 Å². The smallest absolute Gasteiger partial charge is 0.140 e. The topological polar surface area (TPSA) is 48.1 Å². The van der Waals surface area contributed by atoms with Crippen molar-refractivity contribution in [2.75, 3.05) is 7.11 Å². The second-order valence-electron chi connectivity index (χ2n) is 5.77. The first-order valence-electron chi connectivity index (χ1n) is 6.28. The van der Waals surface area contributed by atoms with Gasteiger partial charge in [0.05, 0.1) is 12.8 Å². The molecule has 3 heteroatoms. The van der Waals surface area contributed by atoms with E-state index in [4.69, 9.17) is 10.5 Å². The molecule has 0 aromatic carbocycles. The molecule has 0 spiro atoms. The van der Waals surface area contributed by atoms with Crippen molar-refractivity contribution in [3.63, 3.8) is 0 Å². The lowest BCUT2D eigenvalue weighted by molar-refractivity contribution is 0.194. The normalized spacial score (nSPS) is 27.8. The summed E-state index contributed by atoms with van der Waals surface area (Å²) in [6, 6.07) is 4.07. The molecule has 1 aliphatic carbocycles. The van der Waals surface area contributed by atoms with Crippen LogP contribution in [-0.4, -0.2) is 18.1 Å². The summed E-state index contributed by atoms with van der Waals surface area (Å²) in [5.41, 5.74) is 7.63. The van der Waals surface area contributed by atoms with Gasteiger partial charge in [0, 0.05) is 18.2 Å². The van der Waals surface area contributed by atoms with Crippen molar-refractivity contribution >= 4 is 0 Å². The molecule has 2 N–H and O–H groups in total. The number of nitrogens with two attached hydrogens (primary N) is 1. The van der Waals surface area contributed by atoms with Crippen LogP contribution in [0.1, 0.15) is 44.7 Å². The van der Waals surface area contributed by atoms with Crippen molar-refractivity contribution in [2.45, 2.75) is 45.1 Å². The molecule has 0 amide bonds. The van der Waals surface area contributed by atoms with Crippen molar-refractivity contribution in [1.82, 2.24) is 4.98 Å². The minimum absolute atomic E-state index is 0.201. The van der Waals surface area contributed by atoms with E-state index in [1.54, 1.807) is 7.11 Å². The standard InChI is InChI=1S/C14H22N2O/c1-14(2)7-6-11(15)10(9-14)13-12(17-3)5-4-8-16-13/h4-5,8,10-11H,6-7,9,15H2,1-3H3. The fraction of sp³-hybridized carbons (Fsp3) is 0.643. The maximum atomic E-state index is 6.26. The summed E-state index contributed by atoms with van der Waals surface area (Å²) in [6.45, 7) is 4.61. The first kappa shape index (κ1) is 12.4. The molecule has 94 valence electrons. The average molecular weight is 234 g/mol. The third-order valence-electron chi connectivity index (χ3n) is 3.81. The molecule has 0 bridgehead atoms. The summed E-state index contributed by atoms with van der Waals surface area (Å²) in [6.07, 6.45) is 5.17. The van der Waals surface area contributed by atoms with E-state index >= 15 is 0 Å². The molecule has 1 aliphatic rings. The number of hydrogen-bond donors (Lipinski definition) is 1. The number of hydrogen-bond acceptors (Lipinski definition) is 3. The van der Waals surface area contributed by atoms with E-state index in [-0.39, 0.29) is 6.04 Å². The van der Waals surface area contributed by atoms with Crippen LogP contribution < -0.4 is 10.5 Å². The van der Waals surface area contributed by atoms with Gasteiger partial charge in [-0.1, -0.05) is 13.8 Å². The molecular formula is C14H22N2O. The minimum Gasteiger partial charge on any atom is -0.495 e. The predicted molar refractivity (Wildman–Crippen MR) is 69.1 cm³/mol. The van der Waals surface area contributed by atoms with Gasteiger partial charge in [-0.05, 0) is 36.8 Å². The minimum atomic E-state index is 0.201. The molecule has 17 heavy (non-hydrogen) atoms. The Hall–Kier alpha value is -1.09. The second-order valence-corrected chi connectivity index (χ2v) is 5.77. The number of nitrogens with zero attached hydrogens (tertiary/aromatic N) is 1. The number of rotatable bonds is 2. The number of aromatic nitrogens is 1. The Morgan fingerprint density at radius 1 is 1.47 bits per heavy atom. The number of ether oxygens (including phenoxy) is 1. The van der Waals surface area contributed by atoms with E-state index in [1.165, 1.54) is 6.42 Å². The Morgan fingerprint density at radius 2 is 2.24 bits per heavy atom. The molecule has 1 saturated carbocycles. The summed E-state index contributed by atoms with van der Waals surface area (Å²) in [7, 11) is 1.69. The Morgan fingerprint density at radius 3 is 2.94 bits per heavy atom. The first-order valence-corrected chi connectivity index (χ1v) is 6.28. The van der Waals surface area contributed by atoms with Gasteiger partial charge in [0.1, 0.15) is 5.75 Å². The van der Waals surface area contributed by atoms with Crippen LogP contribution >= 0.6 is 0 Å². The van der Waals surface area contributed by atoms with Gasteiger partial charge in [0.2, 0.25) is 0 Å². The largest absolute Gasteiger partial charge is 0.495 e. The van der Waals surface area contributed by atoms with Gasteiger partial charge in [-0.3, -0.25) is 4.98 Å². The average Bonchev–Trinajstić information content (AvgIpc) is 2.32. The molecule has 0 aliphatic heterocycles. The van der Waals surface area contributed by atoms with Gasteiger partial charge in [0.15, 0.2) is 0 Å². The number of methoxy groups -OCH3 is 1. The molecule has 0 saturated heterocycles. The van der Waals surface area contributed by atoms with Crippen LogP contribution in [-0.2, 0) is 0 Å². The Bertz CT molecular complexity index is 390. The Kier molecular flexibility index (Phi) is 3.38. The van der Waals surface area contributed by atoms with Crippen LogP contribution in [0.5, 0.6) is 5.75 Å². The summed E-state index contributed by atoms with van der Waals surface area (Å²) in [5.74, 6) is 1.18. The van der Waals surface area contributed by atoms with Crippen LogP contribution in [0.4, 0.5) is 0 Å². The Balaban J connectivity index is 2.30. The monoisotopic (exact) mass is 234 g/mol. The molecule has 1 aromatic heterocycles. The lowest BCUT2D eigenvalue weighted by atomic mass is 9.69. The fourth-order valence-electron chi connectivity index (χ4n) is 2.76. The van der Waals surface area contributed by atoms with E-state index in [2.05, 4.69) is 18.8 Å². The van der Waals surface area contributed by atoms with Crippen LogP contribution in [0.15, 0.2) is 18.3 Å². The molecule has 2 unspecified atom stereocenters. The molecule has 1 fully saturated rings. The molecule has 2 atom stereocenters. The van der Waals surface area contributed by atoms with Gasteiger partial charge in [-0.2, -0.15) is 0 Å². The van der Waals surface area contributed by atoms with Gasteiger partial charge in [0.25, 0.3) is 0 Å². The lowest BCUT2D eigenvalue weighted by Gasteiger charge is -2.39. The van der Waals surface area contributed by atoms with Crippen LogP contribution in [0.2, 0.25) is 0 Å². The first-order chi connectivity index (χ1) is 8.03. The molecular weight excluding hydrogens is 212 g/mol. The van der Waals surface area contributed by atoms with Gasteiger partial charge >= 0.3 is 0 Å². The highest BCUT2D eigenvalue weighted by atomic mass is 16.5. The van der Waals surface area contributed by atoms with Crippen molar-refractivity contribution < 1.29 is 4.74 Å². The van der Waals surface area contributed by atoms with Gasteiger partial charge in [-0.15, -0.1) is 0 Å². The highest BCUT2D eigenvalue weighted by molar-refractivity contribution is 5.31. The SMILES string of the molecule is COc1cccnc1C1CC(C)(C)CCC1N. The maximum Gasteiger partial charge on any atom is 0.140 e. The molecule has 3 nitrogen and oxygen atoms in total. The van der Waals surface area contributed by atoms with Crippen LogP contribution in [0, 0.1) is 5.41 Å². The van der Waals surface area contributed by atoms with Crippen molar-refractivity contribution in [1.29, 1.82) is 0 Å². The van der Waals surface area contributed by atoms with Crippen LogP contribution in [0.3, 0.4) is 0 Å². The third kappa shape index (κ3) is 2.60. The van der Waals surface area contributed by atoms with E-state index in [9.17, 15) is 0 Å². The second kappa shape index (κ2) is 4.65. The zero-order chi connectivity index (χ0) is 12.5. The maximum absolute atomic E-state index is 6.26. The summed E-state index contributed by atoms with van der Waals surface area (Å²) in [4.78, 5) is 4.48. The quantitative estimate of drug-likeness (QED) is 0.856. The summed E-state index contributed by atoms with van der Waals surface area (Å²) >= 11 is 0. The van der Waals surface area contributed by atoms with E-state index in [0.29, 0.717) is 11.3 Å². The molecule has 0 radical (unpaired) electrons. The molecule has 2 rings (SSSR count). The van der Waals surface area contributed by atoms with Gasteiger partial charge < -0.3 is 10.5 Å². The highest BCUT2D eigenvalue weighted by Crippen LogP contribution is 2.44. The third-order valence-corrected chi connectivity index (χ3v) is 3.81. The lowest BCUT2D eigenvalue weighted by Crippen LogP contribution is -2.38. The van der Waals surface area contributed by atoms with E-state index < -0.39 is 0 Å². The van der Waals surface area contributed by atoms with Crippen molar-refractivity contribution in [2.24, 2.45) is 11.1 Å². The zero-order valence-electron chi connectivity index (χ0n) is 10.9. The van der Waals surface area contributed by atoms with E-state index in [0.717, 1.165) is 24.3 Å². The number of pyridine rings is 1. The fourth-order valence-corrected chi connectivity index (χ4v) is 2.76. The van der Waals surface area contributed by atoms with Crippen molar-refractivity contribution in [3.8, 4) is 5.75 Å². The zero-order valence-corrected chi connectivity index (χ0v) is 10.9. The molecule has 1 aromatic rings. The van der Waals surface area contributed by atoms with E-state index in [1.807, 2.05) is 18.3 Å².